The number of ether oxygens (including phenoxy) is 1. The van der Waals surface area contributed by atoms with Crippen molar-refractivity contribution in [2.24, 2.45) is 29.1 Å². The number of rotatable bonds is 17. The van der Waals surface area contributed by atoms with Gasteiger partial charge in [-0.15, -0.1) is 0 Å². The normalized spacial score (nSPS) is 38.0. The molecule has 0 aliphatic heterocycles. The molecule has 4 N–H and O–H groups in total. The van der Waals surface area contributed by atoms with Gasteiger partial charge in [0.25, 0.3) is 0 Å². The van der Waals surface area contributed by atoms with Gasteiger partial charge in [-0.1, -0.05) is 110 Å². The largest absolute Gasteiger partial charge is 0.458 e. The van der Waals surface area contributed by atoms with E-state index in [1.807, 2.05) is 13.8 Å². The number of unbranched alkanes of at least 4 members (excludes halogenated alkanes) is 12. The molecule has 0 radical (unpaired) electrons. The third-order valence-corrected chi connectivity index (χ3v) is 11.8. The second-order valence-corrected chi connectivity index (χ2v) is 14.7. The third-order valence-electron chi connectivity index (χ3n) is 11.8. The SMILES string of the molecule is CCCCCCCCCCCCCCCC(=O)OC12CC(C)C3(O)C(C=C(CO)CC4(O)C(=O)C(C)=CC43)C1C2(C)CO. The summed E-state index contributed by atoms with van der Waals surface area (Å²) in [6.07, 6.45) is 20.1. The molecule has 7 nitrogen and oxygen atoms in total. The Morgan fingerprint density at radius 2 is 1.49 bits per heavy atom. The van der Waals surface area contributed by atoms with Crippen LogP contribution in [0.4, 0.5) is 0 Å². The van der Waals surface area contributed by atoms with Crippen molar-refractivity contribution in [3.63, 3.8) is 0 Å². The van der Waals surface area contributed by atoms with Crippen LogP contribution in [-0.2, 0) is 14.3 Å². The Bertz CT molecular complexity index is 1070. The van der Waals surface area contributed by atoms with E-state index in [1.165, 1.54) is 64.2 Å². The van der Waals surface area contributed by atoms with Crippen molar-refractivity contribution in [1.82, 2.24) is 0 Å². The fourth-order valence-corrected chi connectivity index (χ4v) is 9.18. The van der Waals surface area contributed by atoms with Gasteiger partial charge >= 0.3 is 5.97 Å². The Labute approximate surface area is 259 Å². The van der Waals surface area contributed by atoms with Crippen molar-refractivity contribution < 1.29 is 34.8 Å². The molecule has 4 aliphatic rings. The van der Waals surface area contributed by atoms with Crippen LogP contribution in [0, 0.1) is 29.1 Å². The zero-order valence-electron chi connectivity index (χ0n) is 27.2. The molecule has 0 amide bonds. The first-order chi connectivity index (χ1) is 20.5. The molecule has 0 heterocycles. The monoisotopic (exact) mass is 602 g/mol. The van der Waals surface area contributed by atoms with Gasteiger partial charge in [0.1, 0.15) is 11.2 Å². The predicted octanol–water partition coefficient (Wildman–Crippen LogP) is 5.96. The van der Waals surface area contributed by atoms with Crippen molar-refractivity contribution >= 4 is 11.8 Å². The Hall–Kier alpha value is -1.54. The maximum atomic E-state index is 13.2. The molecule has 8 atom stereocenters. The summed E-state index contributed by atoms with van der Waals surface area (Å²) in [7, 11) is 0. The van der Waals surface area contributed by atoms with Crippen LogP contribution in [0.15, 0.2) is 23.3 Å². The van der Waals surface area contributed by atoms with Gasteiger partial charge in [-0.3, -0.25) is 9.59 Å². The van der Waals surface area contributed by atoms with Gasteiger partial charge in [0.2, 0.25) is 0 Å². The molecule has 0 aromatic carbocycles. The van der Waals surface area contributed by atoms with Gasteiger partial charge in [0, 0.05) is 36.0 Å². The van der Waals surface area contributed by atoms with E-state index in [1.54, 1.807) is 19.1 Å². The van der Waals surface area contributed by atoms with Gasteiger partial charge in [0.15, 0.2) is 5.78 Å². The van der Waals surface area contributed by atoms with E-state index < -0.39 is 51.7 Å². The van der Waals surface area contributed by atoms with E-state index in [4.69, 9.17) is 4.74 Å². The quantitative estimate of drug-likeness (QED) is 0.0919. The highest BCUT2D eigenvalue weighted by Crippen LogP contribution is 2.76. The van der Waals surface area contributed by atoms with Gasteiger partial charge in [-0.2, -0.15) is 0 Å². The van der Waals surface area contributed by atoms with Crippen LogP contribution in [-0.4, -0.2) is 62.2 Å². The predicted molar refractivity (Wildman–Crippen MR) is 167 cm³/mol. The van der Waals surface area contributed by atoms with Crippen molar-refractivity contribution in [2.45, 2.75) is 147 Å². The Kier molecular flexibility index (Phi) is 11.1. The van der Waals surface area contributed by atoms with Crippen LogP contribution < -0.4 is 0 Å². The molecular weight excluding hydrogens is 544 g/mol. The number of Topliss-reactive ketones (excluding diaryl/α,β-unsaturated/α-hetero) is 1. The second-order valence-electron chi connectivity index (χ2n) is 14.7. The average molecular weight is 603 g/mol. The summed E-state index contributed by atoms with van der Waals surface area (Å²) < 4.78 is 6.27. The van der Waals surface area contributed by atoms with Gasteiger partial charge < -0.3 is 25.2 Å². The molecular formula is C36H58O7. The number of aliphatic hydroxyl groups excluding tert-OH is 2. The van der Waals surface area contributed by atoms with Crippen molar-refractivity contribution in [2.75, 3.05) is 13.2 Å². The fourth-order valence-electron chi connectivity index (χ4n) is 9.18. The van der Waals surface area contributed by atoms with E-state index >= 15 is 0 Å². The van der Waals surface area contributed by atoms with Crippen LogP contribution in [0.5, 0.6) is 0 Å². The lowest BCUT2D eigenvalue weighted by molar-refractivity contribution is -0.187. The highest BCUT2D eigenvalue weighted by Gasteiger charge is 2.84. The lowest BCUT2D eigenvalue weighted by Gasteiger charge is -2.50. The van der Waals surface area contributed by atoms with Crippen LogP contribution >= 0.6 is 0 Å². The van der Waals surface area contributed by atoms with E-state index in [-0.39, 0.29) is 25.6 Å². The molecule has 0 saturated heterocycles. The number of esters is 1. The highest BCUT2D eigenvalue weighted by atomic mass is 16.6. The zero-order chi connectivity index (χ0) is 31.5. The summed E-state index contributed by atoms with van der Waals surface area (Å²) in [5.41, 5.74) is -4.14. The summed E-state index contributed by atoms with van der Waals surface area (Å²) in [4.78, 5) is 26.3. The lowest BCUT2D eigenvalue weighted by Crippen LogP contribution is -2.61. The van der Waals surface area contributed by atoms with Crippen LogP contribution in [0.3, 0.4) is 0 Å². The average Bonchev–Trinajstić information content (AvgIpc) is 3.43. The minimum Gasteiger partial charge on any atom is -0.458 e. The zero-order valence-corrected chi connectivity index (χ0v) is 27.2. The molecule has 0 aromatic heterocycles. The summed E-state index contributed by atoms with van der Waals surface area (Å²) >= 11 is 0. The Balaban J connectivity index is 1.33. The second kappa shape index (κ2) is 13.8. The number of hydrogen-bond donors (Lipinski definition) is 4. The molecule has 0 aromatic rings. The van der Waals surface area contributed by atoms with Gasteiger partial charge in [-0.05, 0) is 36.8 Å². The number of carbonyl (C=O) groups is 2. The molecule has 8 unspecified atom stereocenters. The van der Waals surface area contributed by atoms with E-state index in [0.29, 0.717) is 24.0 Å². The van der Waals surface area contributed by atoms with Crippen molar-refractivity contribution in [1.29, 1.82) is 0 Å². The molecule has 4 rings (SSSR count). The van der Waals surface area contributed by atoms with Crippen LogP contribution in [0.25, 0.3) is 0 Å². The topological polar surface area (TPSA) is 124 Å². The van der Waals surface area contributed by atoms with Crippen LogP contribution in [0.2, 0.25) is 0 Å². The lowest BCUT2D eigenvalue weighted by atomic mass is 9.60. The summed E-state index contributed by atoms with van der Waals surface area (Å²) in [6, 6.07) is 0. The van der Waals surface area contributed by atoms with Gasteiger partial charge in [0.05, 0.1) is 18.8 Å². The van der Waals surface area contributed by atoms with E-state index in [9.17, 15) is 30.0 Å². The molecule has 2 fully saturated rings. The number of ketones is 1. The number of aliphatic hydroxyl groups is 4. The summed E-state index contributed by atoms with van der Waals surface area (Å²) in [5, 5.41) is 44.8. The first-order valence-corrected chi connectivity index (χ1v) is 17.3. The fraction of sp³-hybridized carbons (Fsp3) is 0.833. The smallest absolute Gasteiger partial charge is 0.306 e. The van der Waals surface area contributed by atoms with Crippen LogP contribution in [0.1, 0.15) is 130 Å². The van der Waals surface area contributed by atoms with Crippen molar-refractivity contribution in [3.05, 3.63) is 23.3 Å². The minimum atomic E-state index is -1.83. The summed E-state index contributed by atoms with van der Waals surface area (Å²) in [6.45, 7) is 7.12. The van der Waals surface area contributed by atoms with Crippen molar-refractivity contribution in [3.8, 4) is 0 Å². The standard InChI is InChI=1S/C36H58O7/c1-5-6-7-8-9-10-11-12-13-14-15-16-17-18-30(39)43-35-21-26(3)36(42)28(31(35)33(35,4)24-38)20-27(23-37)22-34(41)29(36)19-25(2)32(34)40/h19-20,26,28-29,31,37-38,41-42H,5-18,21-24H2,1-4H3. The first kappa shape index (κ1) is 34.3. The summed E-state index contributed by atoms with van der Waals surface area (Å²) in [5.74, 6) is -2.97. The molecule has 0 spiro atoms. The molecule has 4 aliphatic carbocycles. The molecule has 7 heteroatoms. The van der Waals surface area contributed by atoms with E-state index in [2.05, 4.69) is 6.92 Å². The van der Waals surface area contributed by atoms with E-state index in [0.717, 1.165) is 19.3 Å². The molecule has 244 valence electrons. The van der Waals surface area contributed by atoms with Gasteiger partial charge in [-0.25, -0.2) is 0 Å². The number of hydrogen-bond acceptors (Lipinski definition) is 7. The molecule has 2 saturated carbocycles. The maximum absolute atomic E-state index is 13.2. The number of carbonyl (C=O) groups excluding carboxylic acids is 2. The molecule has 0 bridgehead atoms. The highest BCUT2D eigenvalue weighted by molar-refractivity contribution is 6.04. The molecule has 43 heavy (non-hydrogen) atoms. The first-order valence-electron chi connectivity index (χ1n) is 17.3. The number of fused-ring (bicyclic) bond motifs is 5. The maximum Gasteiger partial charge on any atom is 0.306 e. The third kappa shape index (κ3) is 6.17. The Morgan fingerprint density at radius 3 is 2.02 bits per heavy atom. The minimum absolute atomic E-state index is 0.0548. The Morgan fingerprint density at radius 1 is 0.930 bits per heavy atom.